The van der Waals surface area contributed by atoms with E-state index in [0.717, 1.165) is 30.9 Å². The Balaban J connectivity index is 1.54. The van der Waals surface area contributed by atoms with Crippen LogP contribution in [0.4, 0.5) is 0 Å². The van der Waals surface area contributed by atoms with Crippen molar-refractivity contribution in [3.8, 4) is 22.6 Å². The first-order valence-corrected chi connectivity index (χ1v) is 10.7. The van der Waals surface area contributed by atoms with Gasteiger partial charge >= 0.3 is 0 Å². The fourth-order valence-corrected chi connectivity index (χ4v) is 4.74. The smallest absolute Gasteiger partial charge is 0.161 e. The average molecular weight is 386 g/mol. The molecule has 29 heavy (non-hydrogen) atoms. The molecule has 0 fully saturated rings. The van der Waals surface area contributed by atoms with E-state index in [1.165, 1.54) is 38.9 Å². The fraction of sp³-hybridized carbons (Fsp3) is 0.308. The SMILES string of the molecule is CCOc1cc2c(cc1OCC)[C@@H](c1ccc3c(c1)Cc1ccccc1-3)NCC2. The highest BCUT2D eigenvalue weighted by molar-refractivity contribution is 5.77. The molecule has 0 aromatic heterocycles. The van der Waals surface area contributed by atoms with Gasteiger partial charge in [-0.2, -0.15) is 0 Å². The Hall–Kier alpha value is -2.78. The van der Waals surface area contributed by atoms with Crippen LogP contribution in [0, 0.1) is 0 Å². The van der Waals surface area contributed by atoms with Crippen molar-refractivity contribution in [1.29, 1.82) is 0 Å². The molecule has 5 rings (SSSR count). The zero-order valence-corrected chi connectivity index (χ0v) is 17.1. The summed E-state index contributed by atoms with van der Waals surface area (Å²) in [6, 6.07) is 20.3. The number of rotatable bonds is 5. The highest BCUT2D eigenvalue weighted by Crippen LogP contribution is 2.41. The molecule has 1 atom stereocenters. The van der Waals surface area contributed by atoms with Crippen molar-refractivity contribution in [1.82, 2.24) is 5.32 Å². The zero-order valence-electron chi connectivity index (χ0n) is 17.1. The van der Waals surface area contributed by atoms with Gasteiger partial charge in [0.1, 0.15) is 0 Å². The van der Waals surface area contributed by atoms with Gasteiger partial charge < -0.3 is 14.8 Å². The van der Waals surface area contributed by atoms with Gasteiger partial charge in [-0.25, -0.2) is 0 Å². The molecule has 0 spiro atoms. The molecule has 0 radical (unpaired) electrons. The van der Waals surface area contributed by atoms with Gasteiger partial charge in [0.05, 0.1) is 19.3 Å². The third kappa shape index (κ3) is 3.20. The Bertz CT molecular complexity index is 1060. The minimum atomic E-state index is 0.183. The first-order chi connectivity index (χ1) is 14.3. The summed E-state index contributed by atoms with van der Waals surface area (Å²) in [5.74, 6) is 1.70. The molecule has 2 aliphatic rings. The van der Waals surface area contributed by atoms with Crippen LogP contribution >= 0.6 is 0 Å². The number of ether oxygens (including phenoxy) is 2. The molecule has 0 saturated carbocycles. The van der Waals surface area contributed by atoms with Crippen LogP contribution in [0.3, 0.4) is 0 Å². The quantitative estimate of drug-likeness (QED) is 0.506. The normalized spacial score (nSPS) is 16.7. The molecule has 0 saturated heterocycles. The second kappa shape index (κ2) is 7.57. The third-order valence-electron chi connectivity index (χ3n) is 6.01. The lowest BCUT2D eigenvalue weighted by Crippen LogP contribution is -2.30. The Kier molecular flexibility index (Phi) is 4.76. The van der Waals surface area contributed by atoms with Crippen molar-refractivity contribution in [2.24, 2.45) is 0 Å². The first-order valence-electron chi connectivity index (χ1n) is 10.7. The van der Waals surface area contributed by atoms with Gasteiger partial charge in [-0.15, -0.1) is 0 Å². The Morgan fingerprint density at radius 3 is 2.41 bits per heavy atom. The second-order valence-electron chi connectivity index (χ2n) is 7.75. The van der Waals surface area contributed by atoms with Crippen molar-refractivity contribution in [2.45, 2.75) is 32.7 Å². The number of benzene rings is 3. The number of nitrogens with one attached hydrogen (secondary N) is 1. The van der Waals surface area contributed by atoms with E-state index >= 15 is 0 Å². The van der Waals surface area contributed by atoms with Gasteiger partial charge in [-0.3, -0.25) is 0 Å². The maximum atomic E-state index is 5.90. The van der Waals surface area contributed by atoms with Gasteiger partial charge in [0, 0.05) is 6.54 Å². The topological polar surface area (TPSA) is 30.5 Å². The molecule has 1 aliphatic carbocycles. The predicted octanol–water partition coefficient (Wildman–Crippen LogP) is 5.29. The van der Waals surface area contributed by atoms with E-state index < -0.39 is 0 Å². The minimum Gasteiger partial charge on any atom is -0.490 e. The predicted molar refractivity (Wildman–Crippen MR) is 117 cm³/mol. The summed E-state index contributed by atoms with van der Waals surface area (Å²) in [7, 11) is 0. The molecular weight excluding hydrogens is 358 g/mol. The largest absolute Gasteiger partial charge is 0.490 e. The molecule has 3 aromatic rings. The lowest BCUT2D eigenvalue weighted by Gasteiger charge is -2.29. The van der Waals surface area contributed by atoms with Crippen molar-refractivity contribution < 1.29 is 9.47 Å². The number of fused-ring (bicyclic) bond motifs is 4. The zero-order chi connectivity index (χ0) is 19.8. The molecule has 0 bridgehead atoms. The van der Waals surface area contributed by atoms with Crippen LogP contribution in [-0.4, -0.2) is 19.8 Å². The van der Waals surface area contributed by atoms with E-state index in [2.05, 4.69) is 59.9 Å². The highest BCUT2D eigenvalue weighted by atomic mass is 16.5. The Labute approximate surface area is 172 Å². The fourth-order valence-electron chi connectivity index (χ4n) is 4.74. The molecule has 3 aromatic carbocycles. The van der Waals surface area contributed by atoms with E-state index in [1.54, 1.807) is 0 Å². The van der Waals surface area contributed by atoms with Crippen LogP contribution in [-0.2, 0) is 12.8 Å². The lowest BCUT2D eigenvalue weighted by atomic mass is 9.88. The lowest BCUT2D eigenvalue weighted by molar-refractivity contribution is 0.286. The van der Waals surface area contributed by atoms with Crippen LogP contribution in [0.15, 0.2) is 54.6 Å². The first kappa shape index (κ1) is 18.3. The molecule has 1 heterocycles. The van der Waals surface area contributed by atoms with E-state index in [1.807, 2.05) is 13.8 Å². The van der Waals surface area contributed by atoms with Gasteiger partial charge in [-0.05, 0) is 77.8 Å². The van der Waals surface area contributed by atoms with Crippen molar-refractivity contribution >= 4 is 0 Å². The molecule has 1 aliphatic heterocycles. The molecule has 3 nitrogen and oxygen atoms in total. The third-order valence-corrected chi connectivity index (χ3v) is 6.01. The standard InChI is InChI=1S/C26H27NO2/c1-3-28-24-15-18-11-12-27-26(23(18)16-25(24)29-4-2)19-9-10-22-20(14-19)13-17-7-5-6-8-21(17)22/h5-10,14-16,26-27H,3-4,11-13H2,1-2H3/t26-/m1/s1. The van der Waals surface area contributed by atoms with Crippen LogP contribution in [0.25, 0.3) is 11.1 Å². The molecule has 0 amide bonds. The average Bonchev–Trinajstić information content (AvgIpc) is 3.12. The summed E-state index contributed by atoms with van der Waals surface area (Å²) in [6.07, 6.45) is 2.03. The van der Waals surface area contributed by atoms with Gasteiger partial charge in [0.25, 0.3) is 0 Å². The van der Waals surface area contributed by atoms with Crippen molar-refractivity contribution in [2.75, 3.05) is 19.8 Å². The van der Waals surface area contributed by atoms with Crippen LogP contribution in [0.2, 0.25) is 0 Å². The maximum Gasteiger partial charge on any atom is 0.161 e. The van der Waals surface area contributed by atoms with E-state index in [-0.39, 0.29) is 6.04 Å². The van der Waals surface area contributed by atoms with Crippen LogP contribution < -0.4 is 14.8 Å². The van der Waals surface area contributed by atoms with Gasteiger partial charge in [-0.1, -0.05) is 42.5 Å². The summed E-state index contributed by atoms with van der Waals surface area (Å²) in [6.45, 7) is 6.28. The number of hydrogen-bond donors (Lipinski definition) is 1. The molecule has 3 heteroatoms. The monoisotopic (exact) mass is 385 g/mol. The highest BCUT2D eigenvalue weighted by Gasteiger charge is 2.26. The summed E-state index contributed by atoms with van der Waals surface area (Å²) in [5.41, 5.74) is 9.59. The Morgan fingerprint density at radius 2 is 1.59 bits per heavy atom. The van der Waals surface area contributed by atoms with Crippen LogP contribution in [0.1, 0.15) is 47.7 Å². The molecule has 1 N–H and O–H groups in total. The van der Waals surface area contributed by atoms with Crippen molar-refractivity contribution in [3.05, 3.63) is 82.4 Å². The van der Waals surface area contributed by atoms with Crippen LogP contribution in [0.5, 0.6) is 11.5 Å². The molecular formula is C26H27NO2. The van der Waals surface area contributed by atoms with E-state index in [9.17, 15) is 0 Å². The van der Waals surface area contributed by atoms with Crippen molar-refractivity contribution in [3.63, 3.8) is 0 Å². The van der Waals surface area contributed by atoms with E-state index in [4.69, 9.17) is 9.47 Å². The van der Waals surface area contributed by atoms with Gasteiger partial charge in [0.15, 0.2) is 11.5 Å². The number of hydrogen-bond acceptors (Lipinski definition) is 3. The summed E-state index contributed by atoms with van der Waals surface area (Å²) >= 11 is 0. The minimum absolute atomic E-state index is 0.183. The second-order valence-corrected chi connectivity index (χ2v) is 7.75. The van der Waals surface area contributed by atoms with E-state index in [0.29, 0.717) is 13.2 Å². The summed E-state index contributed by atoms with van der Waals surface area (Å²) in [5, 5.41) is 3.73. The maximum absolute atomic E-state index is 5.90. The van der Waals surface area contributed by atoms with Gasteiger partial charge in [0.2, 0.25) is 0 Å². The summed E-state index contributed by atoms with van der Waals surface area (Å²) in [4.78, 5) is 0. The summed E-state index contributed by atoms with van der Waals surface area (Å²) < 4.78 is 11.8. The Morgan fingerprint density at radius 1 is 0.828 bits per heavy atom. The molecule has 0 unspecified atom stereocenters. The molecule has 148 valence electrons.